The van der Waals surface area contributed by atoms with E-state index in [0.717, 1.165) is 0 Å². The molecule has 0 fully saturated rings. The second-order valence-electron chi connectivity index (χ2n) is 4.39. The van der Waals surface area contributed by atoms with Gasteiger partial charge in [0.15, 0.2) is 0 Å². The molecule has 96 valence electrons. The van der Waals surface area contributed by atoms with E-state index in [1.165, 1.54) is 6.20 Å². The largest absolute Gasteiger partial charge is 0.384 e. The standard InChI is InChI=1S/C14H18N2O2/c1-10(2)11(3)16-14(18)13-6-7-15-9-12(13)5-4-8-17/h6-7,9-11,17H,8H2,1-3H3,(H,16,18). The van der Waals surface area contributed by atoms with E-state index in [2.05, 4.69) is 22.1 Å². The fraction of sp³-hybridized carbons (Fsp3) is 0.429. The van der Waals surface area contributed by atoms with Gasteiger partial charge in [0.25, 0.3) is 5.91 Å². The molecule has 0 radical (unpaired) electrons. The molecule has 1 atom stereocenters. The summed E-state index contributed by atoms with van der Waals surface area (Å²) in [6.45, 7) is 5.81. The Morgan fingerprint density at radius 2 is 2.22 bits per heavy atom. The smallest absolute Gasteiger partial charge is 0.252 e. The first-order chi connectivity index (χ1) is 8.56. The van der Waals surface area contributed by atoms with Gasteiger partial charge in [-0.05, 0) is 18.9 Å². The molecule has 1 rings (SSSR count). The maximum Gasteiger partial charge on any atom is 0.252 e. The predicted octanol–water partition coefficient (Wildman–Crippen LogP) is 1.20. The third-order valence-corrected chi connectivity index (χ3v) is 2.73. The number of nitrogens with one attached hydrogen (secondary N) is 1. The van der Waals surface area contributed by atoms with E-state index >= 15 is 0 Å². The quantitative estimate of drug-likeness (QED) is 0.788. The lowest BCUT2D eigenvalue weighted by Crippen LogP contribution is -2.36. The number of hydrogen-bond acceptors (Lipinski definition) is 3. The molecule has 0 aliphatic rings. The Kier molecular flexibility index (Phi) is 5.34. The fourth-order valence-corrected chi connectivity index (χ4v) is 1.28. The van der Waals surface area contributed by atoms with Crippen molar-refractivity contribution in [2.45, 2.75) is 26.8 Å². The highest BCUT2D eigenvalue weighted by atomic mass is 16.2. The molecule has 1 amide bonds. The molecule has 1 heterocycles. The summed E-state index contributed by atoms with van der Waals surface area (Å²) < 4.78 is 0. The summed E-state index contributed by atoms with van der Waals surface area (Å²) in [5, 5.41) is 11.6. The summed E-state index contributed by atoms with van der Waals surface area (Å²) in [4.78, 5) is 16.0. The zero-order valence-corrected chi connectivity index (χ0v) is 10.9. The maximum absolute atomic E-state index is 12.1. The molecule has 0 aliphatic heterocycles. The third kappa shape index (κ3) is 3.86. The van der Waals surface area contributed by atoms with E-state index < -0.39 is 0 Å². The van der Waals surface area contributed by atoms with E-state index in [1.807, 2.05) is 20.8 Å². The summed E-state index contributed by atoms with van der Waals surface area (Å²) in [7, 11) is 0. The van der Waals surface area contributed by atoms with Crippen LogP contribution in [0.1, 0.15) is 36.7 Å². The van der Waals surface area contributed by atoms with Crippen molar-refractivity contribution in [3.8, 4) is 11.8 Å². The number of carbonyl (C=O) groups is 1. The van der Waals surface area contributed by atoms with Crippen LogP contribution in [0.25, 0.3) is 0 Å². The lowest BCUT2D eigenvalue weighted by Gasteiger charge is -2.17. The molecule has 4 heteroatoms. The zero-order chi connectivity index (χ0) is 13.5. The van der Waals surface area contributed by atoms with Crippen LogP contribution in [0, 0.1) is 17.8 Å². The molecule has 18 heavy (non-hydrogen) atoms. The fourth-order valence-electron chi connectivity index (χ4n) is 1.28. The average molecular weight is 246 g/mol. The van der Waals surface area contributed by atoms with Gasteiger partial charge in [-0.3, -0.25) is 9.78 Å². The van der Waals surface area contributed by atoms with Crippen LogP contribution in [0.2, 0.25) is 0 Å². The Bertz CT molecular complexity index is 472. The minimum absolute atomic E-state index is 0.0873. The van der Waals surface area contributed by atoms with E-state index in [-0.39, 0.29) is 18.6 Å². The molecular weight excluding hydrogens is 228 g/mol. The summed E-state index contributed by atoms with van der Waals surface area (Å²) in [6, 6.07) is 1.72. The first-order valence-electron chi connectivity index (χ1n) is 5.91. The Hall–Kier alpha value is -1.86. The molecule has 0 saturated carbocycles. The topological polar surface area (TPSA) is 62.2 Å². The number of carbonyl (C=O) groups excluding carboxylic acids is 1. The van der Waals surface area contributed by atoms with Crippen molar-refractivity contribution in [2.24, 2.45) is 5.92 Å². The third-order valence-electron chi connectivity index (χ3n) is 2.73. The number of aromatic nitrogens is 1. The van der Waals surface area contributed by atoms with Gasteiger partial charge in [0.05, 0.1) is 11.1 Å². The Balaban J connectivity index is 2.92. The van der Waals surface area contributed by atoms with Gasteiger partial charge in [0.2, 0.25) is 0 Å². The molecule has 0 saturated heterocycles. The second-order valence-corrected chi connectivity index (χ2v) is 4.39. The van der Waals surface area contributed by atoms with Crippen molar-refractivity contribution in [2.75, 3.05) is 6.61 Å². The number of aliphatic hydroxyl groups is 1. The van der Waals surface area contributed by atoms with Gasteiger partial charge >= 0.3 is 0 Å². The highest BCUT2D eigenvalue weighted by Gasteiger charge is 2.14. The van der Waals surface area contributed by atoms with Gasteiger partial charge in [0.1, 0.15) is 6.61 Å². The second kappa shape index (κ2) is 6.77. The van der Waals surface area contributed by atoms with Crippen molar-refractivity contribution in [1.82, 2.24) is 10.3 Å². The van der Waals surface area contributed by atoms with Crippen LogP contribution >= 0.6 is 0 Å². The number of aliphatic hydroxyl groups excluding tert-OH is 1. The monoisotopic (exact) mass is 246 g/mol. The van der Waals surface area contributed by atoms with E-state index in [9.17, 15) is 4.79 Å². The van der Waals surface area contributed by atoms with Crippen LogP contribution in [-0.2, 0) is 0 Å². The van der Waals surface area contributed by atoms with Gasteiger partial charge in [0, 0.05) is 18.4 Å². The van der Waals surface area contributed by atoms with Gasteiger partial charge in [-0.1, -0.05) is 25.7 Å². The molecule has 0 aliphatic carbocycles. The zero-order valence-electron chi connectivity index (χ0n) is 10.9. The Morgan fingerprint density at radius 1 is 1.50 bits per heavy atom. The van der Waals surface area contributed by atoms with Crippen LogP contribution in [0.3, 0.4) is 0 Å². The lowest BCUT2D eigenvalue weighted by molar-refractivity contribution is 0.0930. The van der Waals surface area contributed by atoms with Crippen LogP contribution in [0.4, 0.5) is 0 Å². The molecule has 2 N–H and O–H groups in total. The summed E-state index contributed by atoms with van der Waals surface area (Å²) in [5.74, 6) is 5.44. The van der Waals surface area contributed by atoms with Gasteiger partial charge < -0.3 is 10.4 Å². The first kappa shape index (κ1) is 14.2. The summed E-state index contributed by atoms with van der Waals surface area (Å²) in [6.07, 6.45) is 3.08. The van der Waals surface area contributed by atoms with E-state index in [4.69, 9.17) is 5.11 Å². The molecular formula is C14H18N2O2. The number of hydrogen-bond donors (Lipinski definition) is 2. The molecule has 0 aromatic carbocycles. The van der Waals surface area contributed by atoms with Crippen molar-refractivity contribution in [3.05, 3.63) is 29.6 Å². The van der Waals surface area contributed by atoms with Gasteiger partial charge in [-0.25, -0.2) is 0 Å². The van der Waals surface area contributed by atoms with E-state index in [0.29, 0.717) is 17.0 Å². The first-order valence-corrected chi connectivity index (χ1v) is 5.91. The Morgan fingerprint density at radius 3 is 2.83 bits per heavy atom. The summed E-state index contributed by atoms with van der Waals surface area (Å²) >= 11 is 0. The predicted molar refractivity (Wildman–Crippen MR) is 70.0 cm³/mol. The molecule has 0 spiro atoms. The summed E-state index contributed by atoms with van der Waals surface area (Å²) in [5.41, 5.74) is 1.01. The van der Waals surface area contributed by atoms with Gasteiger partial charge in [-0.15, -0.1) is 0 Å². The SMILES string of the molecule is CC(C)C(C)NC(=O)c1ccncc1C#CCO. The molecule has 0 bridgehead atoms. The van der Waals surface area contributed by atoms with Crippen molar-refractivity contribution in [3.63, 3.8) is 0 Å². The molecule has 4 nitrogen and oxygen atoms in total. The van der Waals surface area contributed by atoms with Crippen molar-refractivity contribution >= 4 is 5.91 Å². The van der Waals surface area contributed by atoms with Gasteiger partial charge in [-0.2, -0.15) is 0 Å². The molecule has 1 aromatic rings. The highest BCUT2D eigenvalue weighted by molar-refractivity contribution is 5.96. The molecule has 1 aromatic heterocycles. The number of amides is 1. The maximum atomic E-state index is 12.1. The molecule has 1 unspecified atom stereocenters. The van der Waals surface area contributed by atoms with Crippen LogP contribution in [-0.4, -0.2) is 28.6 Å². The number of nitrogens with zero attached hydrogens (tertiary/aromatic N) is 1. The highest BCUT2D eigenvalue weighted by Crippen LogP contribution is 2.07. The Labute approximate surface area is 107 Å². The lowest BCUT2D eigenvalue weighted by atomic mass is 10.0. The minimum atomic E-state index is -0.238. The van der Waals surface area contributed by atoms with Crippen molar-refractivity contribution in [1.29, 1.82) is 0 Å². The van der Waals surface area contributed by atoms with Crippen LogP contribution in [0.5, 0.6) is 0 Å². The minimum Gasteiger partial charge on any atom is -0.384 e. The number of pyridine rings is 1. The van der Waals surface area contributed by atoms with E-state index in [1.54, 1.807) is 12.3 Å². The van der Waals surface area contributed by atoms with Crippen molar-refractivity contribution < 1.29 is 9.90 Å². The average Bonchev–Trinajstić information content (AvgIpc) is 2.36. The number of rotatable bonds is 3. The normalized spacial score (nSPS) is 11.6. The van der Waals surface area contributed by atoms with Crippen LogP contribution < -0.4 is 5.32 Å². The van der Waals surface area contributed by atoms with Crippen LogP contribution in [0.15, 0.2) is 18.5 Å².